The van der Waals surface area contributed by atoms with Crippen molar-refractivity contribution in [3.63, 3.8) is 0 Å². The molecule has 0 amide bonds. The molecule has 0 radical (unpaired) electrons. The molecule has 5 heteroatoms. The lowest BCUT2D eigenvalue weighted by Crippen LogP contribution is -2.17. The second kappa shape index (κ2) is 28.4. The van der Waals surface area contributed by atoms with E-state index in [4.69, 9.17) is 20.1 Å². The molecule has 0 heterocycles. The van der Waals surface area contributed by atoms with E-state index in [2.05, 4.69) is 20.8 Å². The summed E-state index contributed by atoms with van der Waals surface area (Å²) in [4.78, 5) is 11.9. The van der Waals surface area contributed by atoms with Crippen LogP contribution < -0.4 is 0 Å². The van der Waals surface area contributed by atoms with Crippen LogP contribution in [0.15, 0.2) is 0 Å². The first kappa shape index (κ1) is 33.5. The maximum Gasteiger partial charge on any atom is 0.306 e. The molecule has 0 bridgehead atoms. The van der Waals surface area contributed by atoms with Gasteiger partial charge in [0.2, 0.25) is 0 Å². The average molecular weight is 461 g/mol. The van der Waals surface area contributed by atoms with E-state index in [0.29, 0.717) is 6.42 Å². The molecule has 0 spiro atoms. The fourth-order valence-corrected chi connectivity index (χ4v) is 3.56. The zero-order valence-electron chi connectivity index (χ0n) is 21.7. The number of rotatable bonds is 22. The molecule has 0 rings (SSSR count). The van der Waals surface area contributed by atoms with Gasteiger partial charge >= 0.3 is 5.97 Å². The number of unbranched alkanes of at least 4 members (excludes halogenated alkanes) is 14. The smallest absolute Gasteiger partial charge is 0.306 e. The summed E-state index contributed by atoms with van der Waals surface area (Å²) in [5.74, 6) is 0.0245. The van der Waals surface area contributed by atoms with Crippen molar-refractivity contribution in [2.24, 2.45) is 0 Å². The first-order valence-corrected chi connectivity index (χ1v) is 13.6. The zero-order chi connectivity index (χ0) is 24.3. The van der Waals surface area contributed by atoms with Crippen LogP contribution in [0.1, 0.15) is 143 Å². The van der Waals surface area contributed by atoms with Gasteiger partial charge in [0.15, 0.2) is 0 Å². The van der Waals surface area contributed by atoms with Gasteiger partial charge in [-0.05, 0) is 25.7 Å². The lowest BCUT2D eigenvalue weighted by atomic mass is 10.0. The lowest BCUT2D eigenvalue weighted by Gasteiger charge is -2.16. The van der Waals surface area contributed by atoms with Gasteiger partial charge in [0, 0.05) is 6.42 Å². The lowest BCUT2D eigenvalue weighted by molar-refractivity contribution is -0.149. The van der Waals surface area contributed by atoms with Crippen LogP contribution in [-0.2, 0) is 9.53 Å². The van der Waals surface area contributed by atoms with Gasteiger partial charge in [-0.15, -0.1) is 0 Å². The predicted octanol–water partition coefficient (Wildman–Crippen LogP) is 6.70. The molecule has 0 aliphatic heterocycles. The van der Waals surface area contributed by atoms with Crippen LogP contribution in [0.4, 0.5) is 0 Å². The number of hydrogen-bond donors (Lipinski definition) is 3. The summed E-state index contributed by atoms with van der Waals surface area (Å²) in [5, 5.41) is 24.0. The molecule has 0 aliphatic carbocycles. The van der Waals surface area contributed by atoms with Crippen LogP contribution in [0.3, 0.4) is 0 Å². The number of aliphatic hydroxyl groups excluding tert-OH is 3. The number of ether oxygens (including phenoxy) is 1. The SMILES string of the molecule is CCCCCCCCCCCCCCCC(=O)OC(CC)CCCCC.OCC(O)CO. The van der Waals surface area contributed by atoms with Gasteiger partial charge < -0.3 is 20.1 Å². The molecule has 194 valence electrons. The van der Waals surface area contributed by atoms with Crippen molar-refractivity contribution in [1.82, 2.24) is 0 Å². The fourth-order valence-electron chi connectivity index (χ4n) is 3.56. The average Bonchev–Trinajstić information content (AvgIpc) is 2.81. The predicted molar refractivity (Wildman–Crippen MR) is 135 cm³/mol. The molecule has 0 saturated heterocycles. The second-order valence-electron chi connectivity index (χ2n) is 9.03. The standard InChI is InChI=1S/C24H48O2.C3H8O3/c1-4-7-9-10-11-12-13-14-15-16-17-18-20-22-24(25)26-23(6-3)21-19-8-5-2;4-1-3(6)2-5/h23H,4-22H2,1-3H3;3-6H,1-2H2. The number of esters is 1. The molecule has 3 N–H and O–H groups in total. The van der Waals surface area contributed by atoms with Gasteiger partial charge in [0.1, 0.15) is 12.2 Å². The molecule has 1 unspecified atom stereocenters. The molecular weight excluding hydrogens is 404 g/mol. The molecule has 5 nitrogen and oxygen atoms in total. The van der Waals surface area contributed by atoms with Crippen molar-refractivity contribution in [3.8, 4) is 0 Å². The van der Waals surface area contributed by atoms with E-state index < -0.39 is 6.10 Å². The molecule has 0 aliphatic rings. The van der Waals surface area contributed by atoms with Crippen molar-refractivity contribution in [1.29, 1.82) is 0 Å². The van der Waals surface area contributed by atoms with E-state index in [1.807, 2.05) is 0 Å². The van der Waals surface area contributed by atoms with Crippen LogP contribution in [0.25, 0.3) is 0 Å². The molecule has 1 atom stereocenters. The Morgan fingerprint density at radius 2 is 1.06 bits per heavy atom. The van der Waals surface area contributed by atoms with Gasteiger partial charge in [0.05, 0.1) is 13.2 Å². The van der Waals surface area contributed by atoms with Crippen molar-refractivity contribution < 1.29 is 24.9 Å². The Bertz CT molecular complexity index is 358. The summed E-state index contributed by atoms with van der Waals surface area (Å²) in [5.41, 5.74) is 0. The second-order valence-corrected chi connectivity index (χ2v) is 9.03. The van der Waals surface area contributed by atoms with Crippen molar-refractivity contribution in [3.05, 3.63) is 0 Å². The zero-order valence-corrected chi connectivity index (χ0v) is 21.7. The Morgan fingerprint density at radius 3 is 1.44 bits per heavy atom. The van der Waals surface area contributed by atoms with Crippen LogP contribution in [0, 0.1) is 0 Å². The van der Waals surface area contributed by atoms with E-state index in [1.165, 1.54) is 96.3 Å². The molecule has 32 heavy (non-hydrogen) atoms. The summed E-state index contributed by atoms with van der Waals surface area (Å²) in [6, 6.07) is 0. The Morgan fingerprint density at radius 1 is 0.656 bits per heavy atom. The summed E-state index contributed by atoms with van der Waals surface area (Å²) < 4.78 is 5.61. The molecule has 0 aromatic carbocycles. The van der Waals surface area contributed by atoms with Crippen molar-refractivity contribution in [2.45, 2.75) is 155 Å². The largest absolute Gasteiger partial charge is 0.462 e. The van der Waals surface area contributed by atoms with Crippen molar-refractivity contribution in [2.75, 3.05) is 13.2 Å². The Kier molecular flexibility index (Phi) is 29.7. The van der Waals surface area contributed by atoms with Crippen LogP contribution in [0.5, 0.6) is 0 Å². The summed E-state index contributed by atoms with van der Waals surface area (Å²) in [6.07, 6.45) is 22.9. The molecule has 0 aromatic rings. The quantitative estimate of drug-likeness (QED) is 0.124. The third kappa shape index (κ3) is 27.4. The Labute approximate surface area is 199 Å². The van der Waals surface area contributed by atoms with Gasteiger partial charge in [-0.3, -0.25) is 4.79 Å². The Balaban J connectivity index is 0. The van der Waals surface area contributed by atoms with Gasteiger partial charge in [-0.1, -0.05) is 111 Å². The third-order valence-corrected chi connectivity index (χ3v) is 5.79. The monoisotopic (exact) mass is 460 g/mol. The topological polar surface area (TPSA) is 87.0 Å². The molecule has 0 fully saturated rings. The number of aliphatic hydroxyl groups is 3. The minimum Gasteiger partial charge on any atom is -0.462 e. The van der Waals surface area contributed by atoms with E-state index in [0.717, 1.165) is 19.3 Å². The highest BCUT2D eigenvalue weighted by atomic mass is 16.5. The Hall–Kier alpha value is -0.650. The van der Waals surface area contributed by atoms with E-state index in [1.54, 1.807) is 0 Å². The highest BCUT2D eigenvalue weighted by Gasteiger charge is 2.11. The van der Waals surface area contributed by atoms with E-state index >= 15 is 0 Å². The first-order valence-electron chi connectivity index (χ1n) is 13.6. The summed E-state index contributed by atoms with van der Waals surface area (Å²) >= 11 is 0. The maximum atomic E-state index is 11.9. The van der Waals surface area contributed by atoms with Gasteiger partial charge in [0.25, 0.3) is 0 Å². The third-order valence-electron chi connectivity index (χ3n) is 5.79. The van der Waals surface area contributed by atoms with Gasteiger partial charge in [-0.2, -0.15) is 0 Å². The number of carbonyl (C=O) groups is 1. The highest BCUT2D eigenvalue weighted by Crippen LogP contribution is 2.14. The van der Waals surface area contributed by atoms with Gasteiger partial charge in [-0.25, -0.2) is 0 Å². The van der Waals surface area contributed by atoms with Crippen LogP contribution >= 0.6 is 0 Å². The van der Waals surface area contributed by atoms with Crippen LogP contribution in [-0.4, -0.2) is 46.7 Å². The molecular formula is C27H56O5. The van der Waals surface area contributed by atoms with Crippen molar-refractivity contribution >= 4 is 5.97 Å². The fraction of sp³-hybridized carbons (Fsp3) is 0.963. The molecule has 0 aromatic heterocycles. The maximum absolute atomic E-state index is 11.9. The minimum absolute atomic E-state index is 0.0245. The highest BCUT2D eigenvalue weighted by molar-refractivity contribution is 5.69. The number of carbonyl (C=O) groups excluding carboxylic acids is 1. The summed E-state index contributed by atoms with van der Waals surface area (Å²) in [7, 11) is 0. The first-order chi connectivity index (χ1) is 15.5. The minimum atomic E-state index is -0.954. The number of hydrogen-bond acceptors (Lipinski definition) is 5. The molecule has 0 saturated carbocycles. The van der Waals surface area contributed by atoms with E-state index in [9.17, 15) is 4.79 Å². The normalized spacial score (nSPS) is 11.8. The summed E-state index contributed by atoms with van der Waals surface area (Å²) in [6.45, 7) is 5.88. The van der Waals surface area contributed by atoms with E-state index in [-0.39, 0.29) is 25.3 Å². The van der Waals surface area contributed by atoms with Crippen LogP contribution in [0.2, 0.25) is 0 Å².